The maximum absolute atomic E-state index is 16.4. The molecule has 1 heterocycles. The van der Waals surface area contributed by atoms with Crippen LogP contribution < -0.4 is 15.9 Å². The first kappa shape index (κ1) is 25.3. The Morgan fingerprint density at radius 2 is 0.909 bits per heavy atom. The molecule has 1 atom stereocenters. The average Bonchev–Trinajstić information content (AvgIpc) is 3.19. The van der Waals surface area contributed by atoms with E-state index in [1.165, 1.54) is 10.8 Å². The molecule has 0 amide bonds. The molecule has 44 heavy (non-hydrogen) atoms. The zero-order valence-corrected chi connectivity index (χ0v) is 24.8. The minimum atomic E-state index is -3.37. The highest BCUT2D eigenvalue weighted by Gasteiger charge is 2.39. The van der Waals surface area contributed by atoms with Crippen molar-refractivity contribution in [3.8, 4) is 33.4 Å². The first-order valence-electron chi connectivity index (χ1n) is 15.0. The monoisotopic (exact) mass is 578 g/mol. The maximum Gasteiger partial charge on any atom is 0.172 e. The van der Waals surface area contributed by atoms with Gasteiger partial charge in [0.05, 0.1) is 0 Å². The summed E-state index contributed by atoms with van der Waals surface area (Å²) in [4.78, 5) is 0. The van der Waals surface area contributed by atoms with Crippen LogP contribution in [0.4, 0.5) is 0 Å². The van der Waals surface area contributed by atoms with Gasteiger partial charge in [0.1, 0.15) is 0 Å². The molecule has 0 saturated heterocycles. The Bertz CT molecular complexity index is 2460. The van der Waals surface area contributed by atoms with Gasteiger partial charge >= 0.3 is 0 Å². The van der Waals surface area contributed by atoms with E-state index < -0.39 is 7.14 Å². The van der Waals surface area contributed by atoms with Crippen molar-refractivity contribution in [3.05, 3.63) is 164 Å². The fourth-order valence-electron chi connectivity index (χ4n) is 7.16. The molecule has 0 N–H and O–H groups in total. The van der Waals surface area contributed by atoms with Crippen molar-refractivity contribution in [2.75, 3.05) is 0 Å². The van der Waals surface area contributed by atoms with Gasteiger partial charge in [-0.15, -0.1) is 0 Å². The Balaban J connectivity index is 1.46. The summed E-state index contributed by atoms with van der Waals surface area (Å²) < 4.78 is 16.4. The molecule has 2 heteroatoms. The van der Waals surface area contributed by atoms with Crippen molar-refractivity contribution < 1.29 is 4.57 Å². The van der Waals surface area contributed by atoms with E-state index in [-0.39, 0.29) is 0 Å². The topological polar surface area (TPSA) is 17.1 Å². The van der Waals surface area contributed by atoms with Crippen molar-refractivity contribution >= 4 is 55.4 Å². The van der Waals surface area contributed by atoms with E-state index in [0.717, 1.165) is 70.8 Å². The van der Waals surface area contributed by atoms with E-state index in [9.17, 15) is 0 Å². The Kier molecular flexibility index (Phi) is 5.54. The summed E-state index contributed by atoms with van der Waals surface area (Å²) >= 11 is 0. The van der Waals surface area contributed by atoms with Crippen LogP contribution in [0.5, 0.6) is 0 Å². The number of fused-ring (bicyclic) bond motifs is 10. The average molecular weight is 579 g/mol. The predicted octanol–water partition coefficient (Wildman–Crippen LogP) is 10.1. The van der Waals surface area contributed by atoms with E-state index in [2.05, 4.69) is 158 Å². The molecule has 0 fully saturated rings. The van der Waals surface area contributed by atoms with Crippen LogP contribution in [0.2, 0.25) is 0 Å². The second-order valence-corrected chi connectivity index (χ2v) is 14.3. The quantitative estimate of drug-likeness (QED) is 0.187. The number of hydrogen-bond donors (Lipinski definition) is 0. The van der Waals surface area contributed by atoms with Gasteiger partial charge in [-0.2, -0.15) is 0 Å². The van der Waals surface area contributed by atoms with Gasteiger partial charge in [0.25, 0.3) is 0 Å². The lowest BCUT2D eigenvalue weighted by Crippen LogP contribution is -2.26. The first-order valence-corrected chi connectivity index (χ1v) is 16.8. The highest BCUT2D eigenvalue weighted by atomic mass is 31.2. The lowest BCUT2D eigenvalue weighted by atomic mass is 9.87. The third kappa shape index (κ3) is 3.63. The second kappa shape index (κ2) is 9.64. The molecule has 206 valence electrons. The van der Waals surface area contributed by atoms with Crippen molar-refractivity contribution in [1.29, 1.82) is 0 Å². The summed E-state index contributed by atoms with van der Waals surface area (Å²) in [5, 5.41) is 9.51. The summed E-state index contributed by atoms with van der Waals surface area (Å²) in [6.45, 7) is 0. The lowest BCUT2D eigenvalue weighted by molar-refractivity contribution is 0.592. The molecule has 0 spiro atoms. The fourth-order valence-corrected chi connectivity index (χ4v) is 10.2. The molecule has 0 aromatic heterocycles. The third-order valence-electron chi connectivity index (χ3n) is 9.26. The van der Waals surface area contributed by atoms with Gasteiger partial charge in [-0.05, 0) is 78.3 Å². The summed E-state index contributed by atoms with van der Waals surface area (Å²) in [7, 11) is -3.37. The standard InChI is InChI=1S/C42H27OP/c43-44(34-22-18-29(19-23-34)28-10-2-1-3-11-28)39-25-21-31-13-7-9-17-36(31)42(39)41-35-16-8-6-12-30(35)20-24-37(41)38-26-32-14-4-5-15-33(32)27-40(38)44/h1-27H. The molecule has 0 bridgehead atoms. The SMILES string of the molecule is O=P1(c2ccc(-c3ccccc3)cc2)c2cc3ccccc3cc2-c2ccc3ccccc3c2-c2c1ccc1ccccc21. The van der Waals surface area contributed by atoms with Gasteiger partial charge in [0, 0.05) is 21.5 Å². The van der Waals surface area contributed by atoms with Gasteiger partial charge < -0.3 is 4.57 Å². The molecule has 8 aromatic carbocycles. The second-order valence-electron chi connectivity index (χ2n) is 11.6. The molecule has 0 aliphatic carbocycles. The van der Waals surface area contributed by atoms with E-state index in [1.54, 1.807) is 0 Å². The predicted molar refractivity (Wildman–Crippen MR) is 188 cm³/mol. The minimum absolute atomic E-state index is 0.849. The van der Waals surface area contributed by atoms with Crippen molar-refractivity contribution in [2.24, 2.45) is 0 Å². The van der Waals surface area contributed by atoms with Gasteiger partial charge in [-0.25, -0.2) is 0 Å². The van der Waals surface area contributed by atoms with Crippen molar-refractivity contribution in [3.63, 3.8) is 0 Å². The molecule has 0 saturated carbocycles. The highest BCUT2D eigenvalue weighted by molar-refractivity contribution is 7.86. The molecule has 1 aliphatic rings. The number of hydrogen-bond acceptors (Lipinski definition) is 1. The Labute approximate surface area is 256 Å². The van der Waals surface area contributed by atoms with Crippen LogP contribution in [0.15, 0.2) is 164 Å². The summed E-state index contributed by atoms with van der Waals surface area (Å²) in [5.41, 5.74) is 6.66. The largest absolute Gasteiger partial charge is 0.309 e. The summed E-state index contributed by atoms with van der Waals surface area (Å²) in [6.07, 6.45) is 0. The van der Waals surface area contributed by atoms with Crippen molar-refractivity contribution in [2.45, 2.75) is 0 Å². The van der Waals surface area contributed by atoms with Crippen LogP contribution in [0.3, 0.4) is 0 Å². The fraction of sp³-hybridized carbons (Fsp3) is 0. The van der Waals surface area contributed by atoms with Gasteiger partial charge in [0.2, 0.25) is 0 Å². The molecular formula is C42H27OP. The van der Waals surface area contributed by atoms with Crippen molar-refractivity contribution in [1.82, 2.24) is 0 Å². The van der Waals surface area contributed by atoms with Gasteiger partial charge in [-0.1, -0.05) is 146 Å². The minimum Gasteiger partial charge on any atom is -0.309 e. The molecule has 9 rings (SSSR count). The van der Waals surface area contributed by atoms with Crippen LogP contribution in [0.25, 0.3) is 65.7 Å². The number of rotatable bonds is 2. The summed E-state index contributed by atoms with van der Waals surface area (Å²) in [5.74, 6) is 0. The Morgan fingerprint density at radius 3 is 1.61 bits per heavy atom. The number of benzene rings is 8. The van der Waals surface area contributed by atoms with Gasteiger partial charge in [0.15, 0.2) is 7.14 Å². The van der Waals surface area contributed by atoms with E-state index >= 15 is 4.57 Å². The zero-order chi connectivity index (χ0) is 29.3. The molecule has 1 unspecified atom stereocenters. The third-order valence-corrected chi connectivity index (χ3v) is 12.4. The first-order chi connectivity index (χ1) is 21.7. The van der Waals surface area contributed by atoms with Crippen LogP contribution >= 0.6 is 7.14 Å². The highest BCUT2D eigenvalue weighted by Crippen LogP contribution is 2.55. The molecule has 1 aliphatic heterocycles. The van der Waals surface area contributed by atoms with Crippen LogP contribution in [0.1, 0.15) is 0 Å². The van der Waals surface area contributed by atoms with E-state index in [0.29, 0.717) is 0 Å². The van der Waals surface area contributed by atoms with E-state index in [1.807, 2.05) is 6.07 Å². The summed E-state index contributed by atoms with van der Waals surface area (Å²) in [6, 6.07) is 57.6. The van der Waals surface area contributed by atoms with Crippen LogP contribution in [-0.4, -0.2) is 0 Å². The van der Waals surface area contributed by atoms with Crippen LogP contribution in [0, 0.1) is 0 Å². The Hall–Kier alpha value is -5.23. The maximum atomic E-state index is 16.4. The molecule has 0 radical (unpaired) electrons. The van der Waals surface area contributed by atoms with Gasteiger partial charge in [-0.3, -0.25) is 0 Å². The molecule has 8 aromatic rings. The normalized spacial score (nSPS) is 15.5. The Morgan fingerprint density at radius 1 is 0.364 bits per heavy atom. The van der Waals surface area contributed by atoms with Crippen LogP contribution in [-0.2, 0) is 4.57 Å². The smallest absolute Gasteiger partial charge is 0.172 e. The lowest BCUT2D eigenvalue weighted by Gasteiger charge is -2.24. The van der Waals surface area contributed by atoms with E-state index in [4.69, 9.17) is 0 Å². The molecule has 1 nitrogen and oxygen atoms in total. The zero-order valence-electron chi connectivity index (χ0n) is 23.9. The molecular weight excluding hydrogens is 551 g/mol.